The van der Waals surface area contributed by atoms with Crippen LogP contribution in [0, 0.1) is 23.7 Å². The molecule has 0 saturated carbocycles. The Kier molecular flexibility index (Phi) is 10.0. The summed E-state index contributed by atoms with van der Waals surface area (Å²) < 4.78 is 0. The van der Waals surface area contributed by atoms with Crippen molar-refractivity contribution in [3.05, 3.63) is 22.2 Å². The monoisotopic (exact) mass is 444 g/mol. The number of nitrogens with zero attached hydrogens (tertiary/aromatic N) is 1. The molecule has 0 aromatic rings. The van der Waals surface area contributed by atoms with Crippen LogP contribution in [0.5, 0.6) is 0 Å². The Labute approximate surface area is 186 Å². The number of nitrogens with one attached hydrogen (secondary N) is 1. The minimum absolute atomic E-state index is 0. The lowest BCUT2D eigenvalue weighted by Crippen LogP contribution is -2.52. The molecule has 0 spiro atoms. The van der Waals surface area contributed by atoms with E-state index in [1.807, 2.05) is 0 Å². The number of likely N-dealkylation sites (tertiary alicyclic amines) is 1. The lowest BCUT2D eigenvalue weighted by Gasteiger charge is -2.39. The molecular formula is C23H38Cl2N2O2. The number of carbonyl (C=O) groups is 1. The van der Waals surface area contributed by atoms with E-state index in [1.165, 1.54) is 6.42 Å². The number of hydrogen-bond acceptors (Lipinski definition) is 2. The average Bonchev–Trinajstić information content (AvgIpc) is 2.70. The van der Waals surface area contributed by atoms with Gasteiger partial charge in [-0.1, -0.05) is 49.2 Å². The molecule has 3 aliphatic rings. The number of halogens is 2. The van der Waals surface area contributed by atoms with Crippen molar-refractivity contribution in [1.29, 1.82) is 0 Å². The number of hydrogen-bond donors (Lipinski definition) is 1. The predicted molar refractivity (Wildman–Crippen MR) is 122 cm³/mol. The minimum Gasteiger partial charge on any atom is -0.412 e. The second-order valence-corrected chi connectivity index (χ2v) is 10.2. The lowest BCUT2D eigenvalue weighted by atomic mass is 9.78. The zero-order chi connectivity index (χ0) is 20.1. The van der Waals surface area contributed by atoms with Crippen molar-refractivity contribution in [2.45, 2.75) is 71.3 Å². The summed E-state index contributed by atoms with van der Waals surface area (Å²) in [6, 6.07) is -0.0747. The third-order valence-corrected chi connectivity index (χ3v) is 7.62. The van der Waals surface area contributed by atoms with Crippen LogP contribution in [-0.4, -0.2) is 42.0 Å². The van der Waals surface area contributed by atoms with E-state index in [2.05, 4.69) is 36.2 Å². The molecular weight excluding hydrogens is 407 g/mol. The van der Waals surface area contributed by atoms with E-state index in [9.17, 15) is 4.79 Å². The van der Waals surface area contributed by atoms with Gasteiger partial charge in [-0.3, -0.25) is 4.79 Å². The molecule has 1 fully saturated rings. The zero-order valence-corrected chi connectivity index (χ0v) is 19.4. The highest BCUT2D eigenvalue weighted by atomic mass is 35.5. The maximum absolute atomic E-state index is 13.2. The van der Waals surface area contributed by atoms with Crippen molar-refractivity contribution in [3.63, 3.8) is 0 Å². The van der Waals surface area contributed by atoms with E-state index in [1.54, 1.807) is 0 Å². The SMILES string of the molecule is CC(C)[C@@H](NCC1CC=C(Cl)CC1)C(=O)N1CCC(C2CC=C(Cl)CC2)CC1.O. The van der Waals surface area contributed by atoms with Gasteiger partial charge in [-0.15, -0.1) is 0 Å². The van der Waals surface area contributed by atoms with Crippen molar-refractivity contribution in [3.8, 4) is 0 Å². The molecule has 2 aliphatic carbocycles. The number of amides is 1. The van der Waals surface area contributed by atoms with Gasteiger partial charge < -0.3 is 15.7 Å². The lowest BCUT2D eigenvalue weighted by molar-refractivity contribution is -0.136. The van der Waals surface area contributed by atoms with Crippen molar-refractivity contribution in [1.82, 2.24) is 10.2 Å². The standard InChI is InChI=1S/C23H36Cl2N2O.H2O/c1-16(2)22(26-15-17-3-7-20(24)8-4-17)23(28)27-13-11-19(12-14-27)18-5-9-21(25)10-6-18;/h7,9,16-19,22,26H,3-6,8,10-15H2,1-2H3;1H2/t17?,18?,22-;/m1./s1. The van der Waals surface area contributed by atoms with Crippen molar-refractivity contribution in [2.75, 3.05) is 19.6 Å². The molecule has 0 aromatic carbocycles. The number of piperidine rings is 1. The van der Waals surface area contributed by atoms with Gasteiger partial charge >= 0.3 is 0 Å². The molecule has 0 radical (unpaired) electrons. The molecule has 29 heavy (non-hydrogen) atoms. The summed E-state index contributed by atoms with van der Waals surface area (Å²) in [6.07, 6.45) is 13.1. The second kappa shape index (κ2) is 11.7. The van der Waals surface area contributed by atoms with Crippen LogP contribution >= 0.6 is 23.2 Å². The molecule has 1 saturated heterocycles. The van der Waals surface area contributed by atoms with Crippen molar-refractivity contribution < 1.29 is 10.3 Å². The predicted octanol–water partition coefficient (Wildman–Crippen LogP) is 4.86. The Balaban J connectivity index is 0.00000300. The van der Waals surface area contributed by atoms with Crippen LogP contribution < -0.4 is 5.32 Å². The fourth-order valence-electron chi connectivity index (χ4n) is 4.98. The van der Waals surface area contributed by atoms with Gasteiger partial charge in [0.05, 0.1) is 6.04 Å². The van der Waals surface area contributed by atoms with Crippen LogP contribution in [0.1, 0.15) is 65.2 Å². The summed E-state index contributed by atoms with van der Waals surface area (Å²) in [5, 5.41) is 5.62. The molecule has 4 nitrogen and oxygen atoms in total. The molecule has 3 rings (SSSR count). The summed E-state index contributed by atoms with van der Waals surface area (Å²) in [7, 11) is 0. The molecule has 1 aliphatic heterocycles. The van der Waals surface area contributed by atoms with E-state index in [4.69, 9.17) is 23.2 Å². The molecule has 166 valence electrons. The van der Waals surface area contributed by atoms with E-state index < -0.39 is 0 Å². The summed E-state index contributed by atoms with van der Waals surface area (Å²) in [4.78, 5) is 15.3. The molecule has 1 amide bonds. The van der Waals surface area contributed by atoms with E-state index in [-0.39, 0.29) is 11.5 Å². The van der Waals surface area contributed by atoms with Crippen LogP contribution in [0.4, 0.5) is 0 Å². The largest absolute Gasteiger partial charge is 0.412 e. The molecule has 1 heterocycles. The van der Waals surface area contributed by atoms with E-state index in [0.29, 0.717) is 17.7 Å². The molecule has 3 atom stereocenters. The van der Waals surface area contributed by atoms with Crippen LogP contribution in [0.15, 0.2) is 22.2 Å². The quantitative estimate of drug-likeness (QED) is 0.635. The summed E-state index contributed by atoms with van der Waals surface area (Å²) in [5.41, 5.74) is 0. The third-order valence-electron chi connectivity index (χ3n) is 6.94. The van der Waals surface area contributed by atoms with Gasteiger partial charge in [-0.2, -0.15) is 0 Å². The van der Waals surface area contributed by atoms with Gasteiger partial charge in [0.25, 0.3) is 0 Å². The molecule has 2 unspecified atom stereocenters. The second-order valence-electron chi connectivity index (χ2n) is 9.27. The summed E-state index contributed by atoms with van der Waals surface area (Å²) >= 11 is 12.2. The Hall–Kier alpha value is -0.550. The summed E-state index contributed by atoms with van der Waals surface area (Å²) in [5.74, 6) is 2.69. The van der Waals surface area contributed by atoms with E-state index >= 15 is 0 Å². The Morgan fingerprint density at radius 2 is 1.66 bits per heavy atom. The molecule has 6 heteroatoms. The Morgan fingerprint density at radius 1 is 1.03 bits per heavy atom. The van der Waals surface area contributed by atoms with Gasteiger partial charge in [0, 0.05) is 23.2 Å². The average molecular weight is 445 g/mol. The van der Waals surface area contributed by atoms with Gasteiger partial charge in [0.15, 0.2) is 0 Å². The molecule has 3 N–H and O–H groups in total. The minimum atomic E-state index is -0.0747. The van der Waals surface area contributed by atoms with E-state index in [0.717, 1.165) is 86.5 Å². The van der Waals surface area contributed by atoms with Crippen LogP contribution in [0.3, 0.4) is 0 Å². The Bertz CT molecular complexity index is 598. The smallest absolute Gasteiger partial charge is 0.239 e. The first-order chi connectivity index (χ1) is 13.4. The first-order valence-corrected chi connectivity index (χ1v) is 11.9. The number of allylic oxidation sites excluding steroid dienone is 4. The highest BCUT2D eigenvalue weighted by molar-refractivity contribution is 6.29. The maximum Gasteiger partial charge on any atom is 0.239 e. The number of carbonyl (C=O) groups excluding carboxylic acids is 1. The first kappa shape index (κ1) is 24.7. The fraction of sp³-hybridized carbons (Fsp3) is 0.783. The first-order valence-electron chi connectivity index (χ1n) is 11.1. The number of rotatable bonds is 6. The fourth-order valence-corrected chi connectivity index (χ4v) is 5.38. The normalized spacial score (nSPS) is 27.1. The van der Waals surface area contributed by atoms with Gasteiger partial charge in [0.2, 0.25) is 5.91 Å². The molecule has 0 bridgehead atoms. The van der Waals surface area contributed by atoms with Crippen LogP contribution in [0.2, 0.25) is 0 Å². The van der Waals surface area contributed by atoms with Gasteiger partial charge in [-0.25, -0.2) is 0 Å². The van der Waals surface area contributed by atoms with Crippen LogP contribution in [0.25, 0.3) is 0 Å². The van der Waals surface area contributed by atoms with Crippen LogP contribution in [-0.2, 0) is 4.79 Å². The zero-order valence-electron chi connectivity index (χ0n) is 17.9. The highest BCUT2D eigenvalue weighted by Gasteiger charge is 2.33. The van der Waals surface area contributed by atoms with Crippen molar-refractivity contribution >= 4 is 29.1 Å². The molecule has 0 aromatic heterocycles. The topological polar surface area (TPSA) is 63.8 Å². The maximum atomic E-state index is 13.2. The Morgan fingerprint density at radius 3 is 2.17 bits per heavy atom. The van der Waals surface area contributed by atoms with Gasteiger partial charge in [-0.05, 0) is 81.6 Å². The highest BCUT2D eigenvalue weighted by Crippen LogP contribution is 2.36. The third kappa shape index (κ3) is 6.99. The van der Waals surface area contributed by atoms with Crippen molar-refractivity contribution in [2.24, 2.45) is 23.7 Å². The van der Waals surface area contributed by atoms with Gasteiger partial charge in [0.1, 0.15) is 0 Å². The summed E-state index contributed by atoms with van der Waals surface area (Å²) in [6.45, 7) is 7.02.